The maximum atomic E-state index is 11.3. The zero-order valence-electron chi connectivity index (χ0n) is 9.18. The Hall–Kier alpha value is -1.81. The highest BCUT2D eigenvalue weighted by atomic mass is 35.5. The molecule has 0 aromatic heterocycles. The zero-order chi connectivity index (χ0) is 12.7. The summed E-state index contributed by atoms with van der Waals surface area (Å²) in [4.78, 5) is 22.2. The summed E-state index contributed by atoms with van der Waals surface area (Å²) in [6.45, 7) is 1.94. The topological polar surface area (TPSA) is 52.6 Å². The number of hydrogen-bond acceptors (Lipinski definition) is 4. The third-order valence-electron chi connectivity index (χ3n) is 1.67. The van der Waals surface area contributed by atoms with Crippen molar-refractivity contribution in [2.45, 2.75) is 6.92 Å². The molecule has 0 radical (unpaired) electrons. The first-order valence-electron chi connectivity index (χ1n) is 4.94. The van der Waals surface area contributed by atoms with E-state index in [2.05, 4.69) is 4.74 Å². The van der Waals surface area contributed by atoms with Crippen LogP contribution in [0.5, 0.6) is 5.75 Å². The summed E-state index contributed by atoms with van der Waals surface area (Å²) in [5.74, 6) is -0.881. The SMILES string of the molecule is CCOC(=O)/C=C\C(=O)Oc1ccc(Cl)cc1. The Morgan fingerprint density at radius 3 is 2.35 bits per heavy atom. The molecule has 0 aliphatic heterocycles. The van der Waals surface area contributed by atoms with Gasteiger partial charge < -0.3 is 9.47 Å². The fraction of sp³-hybridized carbons (Fsp3) is 0.167. The maximum Gasteiger partial charge on any atom is 0.336 e. The van der Waals surface area contributed by atoms with Crippen LogP contribution >= 0.6 is 11.6 Å². The molecule has 1 aromatic rings. The van der Waals surface area contributed by atoms with Gasteiger partial charge in [0.15, 0.2) is 0 Å². The lowest BCUT2D eigenvalue weighted by molar-refractivity contribution is -0.138. The van der Waals surface area contributed by atoms with E-state index in [1.807, 2.05) is 0 Å². The number of carbonyl (C=O) groups excluding carboxylic acids is 2. The van der Waals surface area contributed by atoms with E-state index in [4.69, 9.17) is 16.3 Å². The summed E-state index contributed by atoms with van der Waals surface area (Å²) in [6, 6.07) is 6.30. The van der Waals surface area contributed by atoms with Crippen LogP contribution in [-0.4, -0.2) is 18.5 Å². The molecule has 1 rings (SSSR count). The van der Waals surface area contributed by atoms with E-state index in [9.17, 15) is 9.59 Å². The summed E-state index contributed by atoms with van der Waals surface area (Å²) in [5.41, 5.74) is 0. The van der Waals surface area contributed by atoms with Crippen molar-refractivity contribution >= 4 is 23.5 Å². The molecule has 0 amide bonds. The molecule has 0 aliphatic carbocycles. The van der Waals surface area contributed by atoms with Gasteiger partial charge in [-0.25, -0.2) is 9.59 Å². The number of rotatable bonds is 4. The van der Waals surface area contributed by atoms with Crippen molar-refractivity contribution in [3.05, 3.63) is 41.4 Å². The third kappa shape index (κ3) is 5.17. The average Bonchev–Trinajstić information content (AvgIpc) is 2.30. The van der Waals surface area contributed by atoms with Crippen LogP contribution in [0.15, 0.2) is 36.4 Å². The fourth-order valence-electron chi connectivity index (χ4n) is 0.979. The summed E-state index contributed by atoms with van der Waals surface area (Å²) < 4.78 is 9.51. The quantitative estimate of drug-likeness (QED) is 0.470. The van der Waals surface area contributed by atoms with E-state index < -0.39 is 11.9 Å². The molecule has 0 aliphatic rings. The predicted molar refractivity (Wildman–Crippen MR) is 62.9 cm³/mol. The van der Waals surface area contributed by atoms with Crippen molar-refractivity contribution in [3.8, 4) is 5.75 Å². The molecular weight excluding hydrogens is 244 g/mol. The standard InChI is InChI=1S/C12H11ClO4/c1-2-16-11(14)7-8-12(15)17-10-5-3-9(13)4-6-10/h3-8H,2H2,1H3/b8-7-. The highest BCUT2D eigenvalue weighted by Crippen LogP contribution is 2.15. The molecule has 0 spiro atoms. The van der Waals surface area contributed by atoms with E-state index in [0.29, 0.717) is 10.8 Å². The van der Waals surface area contributed by atoms with Crippen LogP contribution < -0.4 is 4.74 Å². The van der Waals surface area contributed by atoms with Crippen LogP contribution in [0.4, 0.5) is 0 Å². The second-order valence-electron chi connectivity index (χ2n) is 2.96. The number of ether oxygens (including phenoxy) is 2. The zero-order valence-corrected chi connectivity index (χ0v) is 9.94. The van der Waals surface area contributed by atoms with Crippen LogP contribution in [0, 0.1) is 0 Å². The Bertz CT molecular complexity index is 423. The molecule has 0 saturated carbocycles. The normalized spacial score (nSPS) is 10.2. The van der Waals surface area contributed by atoms with Crippen molar-refractivity contribution in [2.24, 2.45) is 0 Å². The first-order chi connectivity index (χ1) is 8.11. The Morgan fingerprint density at radius 2 is 1.76 bits per heavy atom. The van der Waals surface area contributed by atoms with Crippen molar-refractivity contribution in [1.82, 2.24) is 0 Å². The van der Waals surface area contributed by atoms with Crippen LogP contribution in [-0.2, 0) is 14.3 Å². The van der Waals surface area contributed by atoms with Gasteiger partial charge >= 0.3 is 11.9 Å². The molecule has 0 bridgehead atoms. The van der Waals surface area contributed by atoms with Gasteiger partial charge in [-0.05, 0) is 31.2 Å². The number of halogens is 1. The van der Waals surface area contributed by atoms with Gasteiger partial charge in [-0.1, -0.05) is 11.6 Å². The van der Waals surface area contributed by atoms with Crippen LogP contribution in [0.25, 0.3) is 0 Å². The first-order valence-corrected chi connectivity index (χ1v) is 5.32. The highest BCUT2D eigenvalue weighted by Gasteiger charge is 2.02. The van der Waals surface area contributed by atoms with Gasteiger partial charge in [0.1, 0.15) is 5.75 Å². The number of benzene rings is 1. The minimum absolute atomic E-state index is 0.259. The molecule has 90 valence electrons. The van der Waals surface area contributed by atoms with Gasteiger partial charge in [-0.15, -0.1) is 0 Å². The third-order valence-corrected chi connectivity index (χ3v) is 1.93. The lowest BCUT2D eigenvalue weighted by Gasteiger charge is -2.00. The molecule has 0 fully saturated rings. The van der Waals surface area contributed by atoms with E-state index in [1.54, 1.807) is 31.2 Å². The Balaban J connectivity index is 2.49. The lowest BCUT2D eigenvalue weighted by atomic mass is 10.3. The molecule has 0 heterocycles. The summed E-state index contributed by atoms with van der Waals surface area (Å²) >= 11 is 5.67. The van der Waals surface area contributed by atoms with Crippen molar-refractivity contribution in [3.63, 3.8) is 0 Å². The smallest absolute Gasteiger partial charge is 0.336 e. The molecular formula is C12H11ClO4. The largest absolute Gasteiger partial charge is 0.463 e. The summed E-state index contributed by atoms with van der Waals surface area (Å²) in [7, 11) is 0. The molecule has 4 nitrogen and oxygen atoms in total. The minimum Gasteiger partial charge on any atom is -0.463 e. The molecule has 0 unspecified atom stereocenters. The second-order valence-corrected chi connectivity index (χ2v) is 3.40. The number of hydrogen-bond donors (Lipinski definition) is 0. The van der Waals surface area contributed by atoms with E-state index >= 15 is 0 Å². The van der Waals surface area contributed by atoms with Gasteiger partial charge in [0.25, 0.3) is 0 Å². The van der Waals surface area contributed by atoms with Gasteiger partial charge in [-0.2, -0.15) is 0 Å². The highest BCUT2D eigenvalue weighted by molar-refractivity contribution is 6.30. The van der Waals surface area contributed by atoms with Gasteiger partial charge in [0.2, 0.25) is 0 Å². The van der Waals surface area contributed by atoms with Crippen LogP contribution in [0.2, 0.25) is 5.02 Å². The Kier molecular flexibility index (Phi) is 5.23. The molecule has 0 saturated heterocycles. The Labute approximate surface area is 104 Å². The molecule has 0 N–H and O–H groups in total. The van der Waals surface area contributed by atoms with Gasteiger partial charge in [-0.3, -0.25) is 0 Å². The van der Waals surface area contributed by atoms with E-state index in [1.165, 1.54) is 0 Å². The van der Waals surface area contributed by atoms with Crippen molar-refractivity contribution < 1.29 is 19.1 Å². The molecule has 5 heteroatoms. The first kappa shape index (κ1) is 13.3. The Morgan fingerprint density at radius 1 is 1.18 bits per heavy atom. The van der Waals surface area contributed by atoms with Gasteiger partial charge in [0.05, 0.1) is 6.61 Å². The van der Waals surface area contributed by atoms with E-state index in [0.717, 1.165) is 12.2 Å². The monoisotopic (exact) mass is 254 g/mol. The molecule has 0 atom stereocenters. The lowest BCUT2D eigenvalue weighted by Crippen LogP contribution is -2.06. The van der Waals surface area contributed by atoms with Crippen LogP contribution in [0.3, 0.4) is 0 Å². The van der Waals surface area contributed by atoms with Crippen molar-refractivity contribution in [1.29, 1.82) is 0 Å². The fourth-order valence-corrected chi connectivity index (χ4v) is 1.11. The summed E-state index contributed by atoms with van der Waals surface area (Å²) in [6.07, 6.45) is 2.02. The maximum absolute atomic E-state index is 11.3. The number of esters is 2. The van der Waals surface area contributed by atoms with Crippen molar-refractivity contribution in [2.75, 3.05) is 6.61 Å². The summed E-state index contributed by atoms with van der Waals surface area (Å²) in [5, 5.41) is 0.548. The average molecular weight is 255 g/mol. The van der Waals surface area contributed by atoms with Gasteiger partial charge in [0, 0.05) is 17.2 Å². The molecule has 17 heavy (non-hydrogen) atoms. The second kappa shape index (κ2) is 6.70. The van der Waals surface area contributed by atoms with Crippen LogP contribution in [0.1, 0.15) is 6.92 Å². The van der Waals surface area contributed by atoms with E-state index in [-0.39, 0.29) is 6.61 Å². The molecule has 1 aromatic carbocycles. The predicted octanol–water partition coefficient (Wildman–Crippen LogP) is 2.36. The number of carbonyl (C=O) groups is 2. The minimum atomic E-state index is -0.652.